The summed E-state index contributed by atoms with van der Waals surface area (Å²) in [5, 5.41) is 4.83. The summed E-state index contributed by atoms with van der Waals surface area (Å²) in [6.07, 6.45) is 3.04. The molecule has 0 saturated heterocycles. The summed E-state index contributed by atoms with van der Waals surface area (Å²) in [6.45, 7) is 0. The Labute approximate surface area is 121 Å². The van der Waals surface area contributed by atoms with Gasteiger partial charge in [0.2, 0.25) is 0 Å². The van der Waals surface area contributed by atoms with Crippen molar-refractivity contribution in [2.45, 2.75) is 0 Å². The normalized spacial score (nSPS) is 10.0. The Balaban J connectivity index is 2.20. The maximum atomic E-state index is 12.0. The molecule has 0 spiro atoms. The summed E-state index contributed by atoms with van der Waals surface area (Å²) >= 11 is 4.50. The fraction of sp³-hybridized carbons (Fsp3) is 0.0833. The molecule has 0 atom stereocenters. The third kappa shape index (κ3) is 3.18. The van der Waals surface area contributed by atoms with Crippen molar-refractivity contribution in [3.63, 3.8) is 0 Å². The summed E-state index contributed by atoms with van der Waals surface area (Å²) < 4.78 is 5.35. The molecule has 5 nitrogen and oxygen atoms in total. The number of ether oxygens (including phenoxy) is 1. The van der Waals surface area contributed by atoms with Gasteiger partial charge in [-0.1, -0.05) is 0 Å². The van der Waals surface area contributed by atoms with Crippen LogP contribution in [0.1, 0.15) is 20.7 Å². The topological polar surface area (TPSA) is 68.3 Å². The Morgan fingerprint density at radius 1 is 1.42 bits per heavy atom. The lowest BCUT2D eigenvalue weighted by atomic mass is 10.2. The van der Waals surface area contributed by atoms with Crippen molar-refractivity contribution >= 4 is 44.1 Å². The molecule has 0 aliphatic carbocycles. The zero-order valence-corrected chi connectivity index (χ0v) is 12.2. The van der Waals surface area contributed by atoms with E-state index in [2.05, 4.69) is 31.0 Å². The fourth-order valence-corrected chi connectivity index (χ4v) is 2.52. The Hall–Kier alpha value is -1.73. The summed E-state index contributed by atoms with van der Waals surface area (Å²) in [7, 11) is 1.30. The number of methoxy groups -OCH3 is 1. The number of nitrogens with one attached hydrogen (secondary N) is 1. The number of anilines is 1. The maximum Gasteiger partial charge on any atom is 0.340 e. The smallest absolute Gasteiger partial charge is 0.340 e. The van der Waals surface area contributed by atoms with Crippen LogP contribution in [0.5, 0.6) is 0 Å². The summed E-state index contributed by atoms with van der Waals surface area (Å²) in [5.74, 6) is -0.815. The highest BCUT2D eigenvalue weighted by Gasteiger charge is 2.16. The first kappa shape index (κ1) is 13.7. The molecule has 2 aromatic rings. The molecule has 0 bridgehead atoms. The van der Waals surface area contributed by atoms with Gasteiger partial charge < -0.3 is 10.1 Å². The molecular formula is C12H9BrN2O3S. The number of pyridine rings is 1. The zero-order valence-electron chi connectivity index (χ0n) is 9.84. The quantitative estimate of drug-likeness (QED) is 0.872. The third-order valence-corrected chi connectivity index (χ3v) is 3.53. The molecule has 19 heavy (non-hydrogen) atoms. The van der Waals surface area contributed by atoms with Crippen LogP contribution in [0.15, 0.2) is 34.4 Å². The Kier molecular flexibility index (Phi) is 4.28. The van der Waals surface area contributed by atoms with Crippen molar-refractivity contribution in [3.8, 4) is 0 Å². The summed E-state index contributed by atoms with van der Waals surface area (Å²) in [4.78, 5) is 27.4. The first-order valence-electron chi connectivity index (χ1n) is 5.19. The average molecular weight is 341 g/mol. The average Bonchev–Trinajstić information content (AvgIpc) is 2.86. The minimum atomic E-state index is -0.482. The van der Waals surface area contributed by atoms with Crippen molar-refractivity contribution in [1.29, 1.82) is 0 Å². The van der Waals surface area contributed by atoms with Crippen LogP contribution in [0.3, 0.4) is 0 Å². The maximum absolute atomic E-state index is 12.0. The van der Waals surface area contributed by atoms with E-state index in [0.717, 1.165) is 0 Å². The van der Waals surface area contributed by atoms with Crippen LogP contribution < -0.4 is 5.32 Å². The minimum Gasteiger partial charge on any atom is -0.465 e. The van der Waals surface area contributed by atoms with Gasteiger partial charge in [-0.25, -0.2) is 4.79 Å². The zero-order chi connectivity index (χ0) is 13.8. The van der Waals surface area contributed by atoms with Gasteiger partial charge in [0.05, 0.1) is 18.2 Å². The second-order valence-electron chi connectivity index (χ2n) is 3.50. The van der Waals surface area contributed by atoms with E-state index >= 15 is 0 Å². The predicted octanol–water partition coefficient (Wildman–Crippen LogP) is 2.94. The number of nitrogens with zero attached hydrogens (tertiary/aromatic N) is 1. The molecule has 0 aliphatic rings. The molecule has 2 heterocycles. The number of thiophene rings is 1. The van der Waals surface area contributed by atoms with Crippen molar-refractivity contribution in [2.75, 3.05) is 12.4 Å². The minimum absolute atomic E-state index is 0.332. The highest BCUT2D eigenvalue weighted by atomic mass is 79.9. The van der Waals surface area contributed by atoms with Crippen molar-refractivity contribution < 1.29 is 14.3 Å². The number of carbonyl (C=O) groups is 2. The van der Waals surface area contributed by atoms with E-state index < -0.39 is 5.97 Å². The number of carbonyl (C=O) groups excluding carboxylic acids is 2. The van der Waals surface area contributed by atoms with E-state index in [1.54, 1.807) is 23.7 Å². The molecule has 0 fully saturated rings. The molecule has 2 rings (SSSR count). The predicted molar refractivity (Wildman–Crippen MR) is 75.5 cm³/mol. The number of hydrogen-bond donors (Lipinski definition) is 1. The number of hydrogen-bond acceptors (Lipinski definition) is 5. The lowest BCUT2D eigenvalue weighted by Gasteiger charge is -2.05. The summed E-state index contributed by atoms with van der Waals surface area (Å²) in [5.41, 5.74) is 0.738. The van der Waals surface area contributed by atoms with E-state index in [0.29, 0.717) is 20.6 Å². The van der Waals surface area contributed by atoms with Crippen LogP contribution in [-0.4, -0.2) is 24.0 Å². The second kappa shape index (κ2) is 5.94. The van der Waals surface area contributed by atoms with Gasteiger partial charge in [0.25, 0.3) is 5.91 Å². The molecule has 1 N–H and O–H groups in total. The van der Waals surface area contributed by atoms with E-state index in [-0.39, 0.29) is 5.91 Å². The van der Waals surface area contributed by atoms with Gasteiger partial charge in [-0.05, 0) is 33.4 Å². The van der Waals surface area contributed by atoms with E-state index in [9.17, 15) is 9.59 Å². The Bertz CT molecular complexity index is 627. The largest absolute Gasteiger partial charge is 0.465 e. The molecule has 7 heteroatoms. The fourth-order valence-electron chi connectivity index (χ4n) is 1.39. The molecule has 0 saturated carbocycles. The van der Waals surface area contributed by atoms with Gasteiger partial charge in [-0.2, -0.15) is 0 Å². The lowest BCUT2D eigenvalue weighted by Crippen LogP contribution is -2.14. The van der Waals surface area contributed by atoms with Crippen LogP contribution in [0.25, 0.3) is 0 Å². The first-order valence-corrected chi connectivity index (χ1v) is 6.87. The third-order valence-electron chi connectivity index (χ3n) is 2.26. The lowest BCUT2D eigenvalue weighted by molar-refractivity contribution is 0.0602. The molecule has 0 aliphatic heterocycles. The molecule has 98 valence electrons. The summed E-state index contributed by atoms with van der Waals surface area (Å²) in [6, 6.07) is 3.25. The van der Waals surface area contributed by atoms with Gasteiger partial charge in [0.15, 0.2) is 0 Å². The second-order valence-corrected chi connectivity index (χ2v) is 5.33. The number of rotatable bonds is 3. The molecule has 2 aromatic heterocycles. The SMILES string of the molecule is COC(=O)c1ccsc1NC(=O)c1cncc(Br)c1. The van der Waals surface area contributed by atoms with Crippen molar-refractivity contribution in [2.24, 2.45) is 0 Å². The highest BCUT2D eigenvalue weighted by molar-refractivity contribution is 9.10. The van der Waals surface area contributed by atoms with Gasteiger partial charge in [0, 0.05) is 16.9 Å². The van der Waals surface area contributed by atoms with E-state index in [1.165, 1.54) is 24.6 Å². The number of aromatic nitrogens is 1. The standard InChI is InChI=1S/C12H9BrN2O3S/c1-18-12(17)9-2-3-19-11(9)15-10(16)7-4-8(13)6-14-5-7/h2-6H,1H3,(H,15,16). The van der Waals surface area contributed by atoms with Crippen molar-refractivity contribution in [3.05, 3.63) is 45.5 Å². The van der Waals surface area contributed by atoms with E-state index in [1.807, 2.05) is 0 Å². The van der Waals surface area contributed by atoms with Gasteiger partial charge in [0.1, 0.15) is 5.00 Å². The number of halogens is 1. The van der Waals surface area contributed by atoms with E-state index in [4.69, 9.17) is 0 Å². The highest BCUT2D eigenvalue weighted by Crippen LogP contribution is 2.24. The molecule has 0 unspecified atom stereocenters. The number of amides is 1. The first-order chi connectivity index (χ1) is 9.11. The van der Waals surface area contributed by atoms with Crippen LogP contribution in [-0.2, 0) is 4.74 Å². The Morgan fingerprint density at radius 2 is 2.21 bits per heavy atom. The molecule has 0 radical (unpaired) electrons. The van der Waals surface area contributed by atoms with Gasteiger partial charge in [-0.3, -0.25) is 9.78 Å². The van der Waals surface area contributed by atoms with Gasteiger partial charge in [-0.15, -0.1) is 11.3 Å². The van der Waals surface area contributed by atoms with Crippen LogP contribution in [0.4, 0.5) is 5.00 Å². The monoisotopic (exact) mass is 340 g/mol. The van der Waals surface area contributed by atoms with Crippen LogP contribution in [0.2, 0.25) is 0 Å². The Morgan fingerprint density at radius 3 is 2.89 bits per heavy atom. The van der Waals surface area contributed by atoms with Crippen molar-refractivity contribution in [1.82, 2.24) is 4.98 Å². The number of esters is 1. The molecule has 0 aromatic carbocycles. The molecule has 1 amide bonds. The van der Waals surface area contributed by atoms with Crippen LogP contribution >= 0.6 is 27.3 Å². The molecular weight excluding hydrogens is 332 g/mol. The van der Waals surface area contributed by atoms with Gasteiger partial charge >= 0.3 is 5.97 Å². The van der Waals surface area contributed by atoms with Crippen LogP contribution in [0, 0.1) is 0 Å².